The molecule has 0 saturated heterocycles. The molecule has 0 unspecified atom stereocenters. The van der Waals surface area contributed by atoms with Crippen molar-refractivity contribution in [3.05, 3.63) is 76.1 Å². The van der Waals surface area contributed by atoms with E-state index in [-0.39, 0.29) is 11.4 Å². The number of fused-ring (bicyclic) bond motifs is 1. The van der Waals surface area contributed by atoms with Crippen LogP contribution in [0.1, 0.15) is 56.4 Å². The maximum Gasteiger partial charge on any atom is 0.291 e. The summed E-state index contributed by atoms with van der Waals surface area (Å²) in [6.45, 7) is 3.37. The molecule has 2 amide bonds. The van der Waals surface area contributed by atoms with Gasteiger partial charge in [-0.15, -0.1) is 0 Å². The molecule has 1 aromatic carbocycles. The number of rotatable bonds is 4. The molecule has 0 fully saturated rings. The maximum absolute atomic E-state index is 13.9. The van der Waals surface area contributed by atoms with Crippen molar-refractivity contribution in [1.82, 2.24) is 5.43 Å². The fourth-order valence-corrected chi connectivity index (χ4v) is 3.57. The highest BCUT2D eigenvalue weighted by Crippen LogP contribution is 2.30. The molecule has 160 valence electrons. The Morgan fingerprint density at radius 2 is 1.90 bits per heavy atom. The van der Waals surface area contributed by atoms with Crippen LogP contribution in [-0.4, -0.2) is 17.5 Å². The number of hydrazone groups is 1. The van der Waals surface area contributed by atoms with Crippen LogP contribution < -0.4 is 10.7 Å². The number of hydrogen-bond donors (Lipinski definition) is 2. The molecule has 1 aliphatic carbocycles. The number of halogens is 2. The second kappa shape index (κ2) is 8.17. The Morgan fingerprint density at radius 1 is 1.10 bits per heavy atom. The van der Waals surface area contributed by atoms with Gasteiger partial charge in [-0.3, -0.25) is 9.59 Å². The third-order valence-corrected chi connectivity index (χ3v) is 5.11. The molecule has 3 aromatic rings. The molecule has 0 saturated carbocycles. The van der Waals surface area contributed by atoms with Gasteiger partial charge in [0.15, 0.2) is 5.76 Å². The number of hydrogen-bond acceptors (Lipinski definition) is 5. The zero-order valence-corrected chi connectivity index (χ0v) is 16.8. The molecule has 31 heavy (non-hydrogen) atoms. The minimum Gasteiger partial charge on any atom is -0.469 e. The van der Waals surface area contributed by atoms with E-state index in [9.17, 15) is 18.4 Å². The molecule has 0 aliphatic heterocycles. The van der Waals surface area contributed by atoms with Crippen molar-refractivity contribution in [3.63, 3.8) is 0 Å². The molecule has 0 atom stereocenters. The molecule has 2 aromatic heterocycles. The first-order chi connectivity index (χ1) is 14.8. The van der Waals surface area contributed by atoms with Crippen molar-refractivity contribution in [2.45, 2.75) is 33.1 Å². The second-order valence-electron chi connectivity index (χ2n) is 7.18. The summed E-state index contributed by atoms with van der Waals surface area (Å²) in [7, 11) is 0. The normalized spacial score (nSPS) is 14.4. The number of aryl methyl sites for hydroxylation is 2. The van der Waals surface area contributed by atoms with Gasteiger partial charge in [0, 0.05) is 23.6 Å². The summed E-state index contributed by atoms with van der Waals surface area (Å²) >= 11 is 0. The van der Waals surface area contributed by atoms with Crippen LogP contribution >= 0.6 is 0 Å². The van der Waals surface area contributed by atoms with Crippen molar-refractivity contribution >= 4 is 23.2 Å². The molecular weight excluding hydrogens is 408 g/mol. The number of furan rings is 2. The van der Waals surface area contributed by atoms with Crippen molar-refractivity contribution in [3.8, 4) is 0 Å². The zero-order valence-electron chi connectivity index (χ0n) is 16.8. The Hall–Kier alpha value is -3.75. The predicted octanol–water partition coefficient (Wildman–Crippen LogP) is 4.49. The molecule has 2 N–H and O–H groups in total. The number of nitrogens with one attached hydrogen (secondary N) is 2. The Kier molecular flexibility index (Phi) is 5.41. The van der Waals surface area contributed by atoms with Crippen LogP contribution in [0.4, 0.5) is 14.5 Å². The number of amides is 2. The number of benzene rings is 1. The van der Waals surface area contributed by atoms with E-state index in [1.807, 2.05) is 0 Å². The fourth-order valence-electron chi connectivity index (χ4n) is 3.57. The van der Waals surface area contributed by atoms with Gasteiger partial charge in [-0.25, -0.2) is 14.2 Å². The van der Waals surface area contributed by atoms with Crippen LogP contribution in [0.3, 0.4) is 0 Å². The Balaban J connectivity index is 1.58. The van der Waals surface area contributed by atoms with Gasteiger partial charge in [-0.2, -0.15) is 5.10 Å². The van der Waals surface area contributed by atoms with Gasteiger partial charge in [0.05, 0.1) is 23.2 Å². The minimum absolute atomic E-state index is 0.0142. The van der Waals surface area contributed by atoms with E-state index in [2.05, 4.69) is 15.8 Å². The van der Waals surface area contributed by atoms with Gasteiger partial charge >= 0.3 is 0 Å². The predicted molar refractivity (Wildman–Crippen MR) is 108 cm³/mol. The molecule has 1 aliphatic rings. The van der Waals surface area contributed by atoms with Crippen LogP contribution in [0.5, 0.6) is 0 Å². The lowest BCUT2D eigenvalue weighted by atomic mass is 9.93. The monoisotopic (exact) mass is 427 g/mol. The molecule has 4 rings (SSSR count). The summed E-state index contributed by atoms with van der Waals surface area (Å²) in [6, 6.07) is 4.43. The van der Waals surface area contributed by atoms with Crippen LogP contribution in [0, 0.1) is 25.5 Å². The summed E-state index contributed by atoms with van der Waals surface area (Å²) in [5.41, 5.74) is 4.51. The lowest BCUT2D eigenvalue weighted by molar-refractivity contribution is 0.0952. The molecular formula is C22H19F2N3O4. The Morgan fingerprint density at radius 3 is 2.61 bits per heavy atom. The highest BCUT2D eigenvalue weighted by molar-refractivity contribution is 6.09. The number of carbonyl (C=O) groups is 2. The van der Waals surface area contributed by atoms with E-state index >= 15 is 0 Å². The summed E-state index contributed by atoms with van der Waals surface area (Å²) in [5.74, 6) is -1.63. The zero-order chi connectivity index (χ0) is 22.1. The van der Waals surface area contributed by atoms with Gasteiger partial charge in [-0.05, 0) is 44.9 Å². The molecule has 9 heteroatoms. The van der Waals surface area contributed by atoms with E-state index in [1.54, 1.807) is 19.9 Å². The SMILES string of the molecule is Cc1occc1C(=O)N/N=C1\CCCc2oc(C(=O)Nc3ccc(F)cc3F)c(C)c21. The number of carbonyl (C=O) groups excluding carboxylic acids is 2. The van der Waals surface area contributed by atoms with Gasteiger partial charge in [-0.1, -0.05) is 0 Å². The van der Waals surface area contributed by atoms with E-state index in [0.717, 1.165) is 18.6 Å². The van der Waals surface area contributed by atoms with Crippen molar-refractivity contribution in [1.29, 1.82) is 0 Å². The third-order valence-electron chi connectivity index (χ3n) is 5.11. The lowest BCUT2D eigenvalue weighted by Crippen LogP contribution is -2.22. The van der Waals surface area contributed by atoms with Gasteiger partial charge in [0.25, 0.3) is 11.8 Å². The topological polar surface area (TPSA) is 96.8 Å². The number of nitrogens with zero attached hydrogens (tertiary/aromatic N) is 1. The summed E-state index contributed by atoms with van der Waals surface area (Å²) < 4.78 is 37.9. The smallest absolute Gasteiger partial charge is 0.291 e. The Labute approximate surface area is 176 Å². The maximum atomic E-state index is 13.9. The first kappa shape index (κ1) is 20.5. The fraction of sp³-hybridized carbons (Fsp3) is 0.227. The quantitative estimate of drug-likeness (QED) is 0.600. The summed E-state index contributed by atoms with van der Waals surface area (Å²) in [4.78, 5) is 25.0. The first-order valence-electron chi connectivity index (χ1n) is 9.65. The van der Waals surface area contributed by atoms with Crippen LogP contribution in [0.2, 0.25) is 0 Å². The lowest BCUT2D eigenvalue weighted by Gasteiger charge is -2.13. The van der Waals surface area contributed by atoms with E-state index in [0.29, 0.717) is 52.8 Å². The van der Waals surface area contributed by atoms with E-state index in [1.165, 1.54) is 6.26 Å². The number of anilines is 1. The van der Waals surface area contributed by atoms with Crippen molar-refractivity contribution in [2.75, 3.05) is 5.32 Å². The van der Waals surface area contributed by atoms with Gasteiger partial charge < -0.3 is 14.2 Å². The average Bonchev–Trinajstić information content (AvgIpc) is 3.32. The summed E-state index contributed by atoms with van der Waals surface area (Å²) in [6.07, 6.45) is 3.34. The largest absolute Gasteiger partial charge is 0.469 e. The standard InChI is InChI=1S/C22H19F2N3O4/c1-11-19-17(26-27-21(28)14-8-9-30-12(14)2)4-3-5-18(19)31-20(11)22(29)25-16-7-6-13(23)10-15(16)24/h6-10H,3-5H2,1-2H3,(H,25,29)(H,27,28)/b26-17+. The molecule has 0 spiro atoms. The average molecular weight is 427 g/mol. The minimum atomic E-state index is -0.887. The van der Waals surface area contributed by atoms with Gasteiger partial charge in [0.1, 0.15) is 23.2 Å². The molecule has 7 nitrogen and oxygen atoms in total. The molecule has 2 heterocycles. The van der Waals surface area contributed by atoms with E-state index < -0.39 is 23.4 Å². The Bertz CT molecular complexity index is 1210. The molecule has 0 radical (unpaired) electrons. The third kappa shape index (κ3) is 3.98. The van der Waals surface area contributed by atoms with Crippen LogP contribution in [0.15, 0.2) is 44.5 Å². The van der Waals surface area contributed by atoms with Crippen LogP contribution in [0.25, 0.3) is 0 Å². The van der Waals surface area contributed by atoms with Crippen molar-refractivity contribution in [2.24, 2.45) is 5.10 Å². The highest BCUT2D eigenvalue weighted by Gasteiger charge is 2.28. The highest BCUT2D eigenvalue weighted by atomic mass is 19.1. The first-order valence-corrected chi connectivity index (χ1v) is 9.65. The van der Waals surface area contributed by atoms with Crippen LogP contribution in [-0.2, 0) is 6.42 Å². The molecule has 0 bridgehead atoms. The van der Waals surface area contributed by atoms with Crippen molar-refractivity contribution < 1.29 is 27.2 Å². The van der Waals surface area contributed by atoms with Gasteiger partial charge in [0.2, 0.25) is 0 Å². The summed E-state index contributed by atoms with van der Waals surface area (Å²) in [5, 5.41) is 6.64. The second-order valence-corrected chi connectivity index (χ2v) is 7.18. The van der Waals surface area contributed by atoms with E-state index in [4.69, 9.17) is 8.83 Å².